The number of nitrogens with two attached hydrogens (primary N) is 1. The maximum absolute atomic E-state index is 11.0. The molecule has 1 aromatic rings. The van der Waals surface area contributed by atoms with Crippen molar-refractivity contribution >= 4 is 11.9 Å². The molecule has 4 nitrogen and oxygen atoms in total. The van der Waals surface area contributed by atoms with Gasteiger partial charge in [-0.2, -0.15) is 0 Å². The smallest absolute Gasteiger partial charge is 0.319 e. The van der Waals surface area contributed by atoms with Crippen molar-refractivity contribution in [1.82, 2.24) is 5.32 Å². The van der Waals surface area contributed by atoms with E-state index in [9.17, 15) is 9.59 Å². The standard InChI is InChI=1S/C8H8N2O2.FH/c9-8(12)10-7(11)6-4-2-1-3-5-6;/h1-5H,(H3,9,10,11,12);1H. The second-order valence-electron chi connectivity index (χ2n) is 2.18. The molecule has 0 heterocycles. The zero-order valence-corrected chi connectivity index (χ0v) is 6.69. The van der Waals surface area contributed by atoms with Crippen molar-refractivity contribution in [2.24, 2.45) is 5.73 Å². The first-order valence-electron chi connectivity index (χ1n) is 3.36. The van der Waals surface area contributed by atoms with E-state index >= 15 is 0 Å². The summed E-state index contributed by atoms with van der Waals surface area (Å²) in [6.07, 6.45) is 0. The fraction of sp³-hybridized carbons (Fsp3) is 0. The second kappa shape index (κ2) is 4.87. The molecule has 3 N–H and O–H groups in total. The van der Waals surface area contributed by atoms with Crippen molar-refractivity contribution in [2.45, 2.75) is 0 Å². The lowest BCUT2D eigenvalue weighted by Crippen LogP contribution is -2.34. The van der Waals surface area contributed by atoms with Gasteiger partial charge in [-0.25, -0.2) is 4.79 Å². The molecule has 3 amide bonds. The summed E-state index contributed by atoms with van der Waals surface area (Å²) in [6, 6.07) is 7.53. The Morgan fingerprint density at radius 2 is 1.69 bits per heavy atom. The first kappa shape index (κ1) is 11.1. The molecule has 0 unspecified atom stereocenters. The van der Waals surface area contributed by atoms with Gasteiger partial charge in [0.2, 0.25) is 0 Å². The number of carbonyl (C=O) groups is 2. The van der Waals surface area contributed by atoms with E-state index in [1.807, 2.05) is 5.32 Å². The summed E-state index contributed by atoms with van der Waals surface area (Å²) < 4.78 is 0. The van der Waals surface area contributed by atoms with Crippen molar-refractivity contribution in [2.75, 3.05) is 0 Å². The van der Waals surface area contributed by atoms with Crippen LogP contribution in [0.3, 0.4) is 0 Å². The number of nitrogens with one attached hydrogen (secondary N) is 1. The maximum Gasteiger partial charge on any atom is 0.319 e. The van der Waals surface area contributed by atoms with Crippen molar-refractivity contribution in [3.05, 3.63) is 35.9 Å². The minimum atomic E-state index is -0.844. The highest BCUT2D eigenvalue weighted by Crippen LogP contribution is 1.96. The van der Waals surface area contributed by atoms with Crippen LogP contribution in [0.1, 0.15) is 10.4 Å². The molecule has 1 aromatic carbocycles. The fourth-order valence-electron chi connectivity index (χ4n) is 0.774. The molecule has 0 fully saturated rings. The monoisotopic (exact) mass is 184 g/mol. The Hall–Kier alpha value is -1.91. The van der Waals surface area contributed by atoms with Crippen molar-refractivity contribution in [3.63, 3.8) is 0 Å². The van der Waals surface area contributed by atoms with Gasteiger partial charge in [-0.1, -0.05) is 18.2 Å². The summed E-state index contributed by atoms with van der Waals surface area (Å²) in [5.74, 6) is -0.483. The fourth-order valence-corrected chi connectivity index (χ4v) is 0.774. The molecule has 0 aliphatic heterocycles. The molecule has 0 radical (unpaired) electrons. The quantitative estimate of drug-likeness (QED) is 0.672. The number of benzene rings is 1. The van der Waals surface area contributed by atoms with Crippen molar-refractivity contribution < 1.29 is 14.3 Å². The average Bonchev–Trinajstić information content (AvgIpc) is 2.05. The molecule has 5 heteroatoms. The third-order valence-electron chi connectivity index (χ3n) is 1.27. The number of imide groups is 1. The van der Waals surface area contributed by atoms with Crippen LogP contribution in [-0.4, -0.2) is 11.9 Å². The van der Waals surface area contributed by atoms with Crippen LogP contribution in [0.25, 0.3) is 0 Å². The Bertz CT molecular complexity index is 300. The van der Waals surface area contributed by atoms with Crippen LogP contribution < -0.4 is 11.1 Å². The predicted molar refractivity (Wildman–Crippen MR) is 46.0 cm³/mol. The van der Waals surface area contributed by atoms with E-state index in [0.29, 0.717) is 5.56 Å². The second-order valence-corrected chi connectivity index (χ2v) is 2.18. The highest BCUT2D eigenvalue weighted by atomic mass is 19.0. The SMILES string of the molecule is F.NC(=O)NC(=O)c1ccccc1. The molecule has 70 valence electrons. The third-order valence-corrected chi connectivity index (χ3v) is 1.27. The number of urea groups is 1. The molecule has 0 aromatic heterocycles. The number of rotatable bonds is 1. The molecule has 0 aliphatic rings. The lowest BCUT2D eigenvalue weighted by Gasteiger charge is -1.98. The summed E-state index contributed by atoms with van der Waals surface area (Å²) in [4.78, 5) is 21.3. The van der Waals surface area contributed by atoms with Crippen LogP contribution in [0.15, 0.2) is 30.3 Å². The number of primary amides is 1. The van der Waals surface area contributed by atoms with Gasteiger partial charge < -0.3 is 5.73 Å². The average molecular weight is 184 g/mol. The molecule has 0 saturated heterocycles. The number of halogens is 1. The normalized spacial score (nSPS) is 8.31. The van der Waals surface area contributed by atoms with Gasteiger partial charge in [-0.3, -0.25) is 14.8 Å². The van der Waals surface area contributed by atoms with E-state index in [4.69, 9.17) is 5.73 Å². The third kappa shape index (κ3) is 3.33. The number of hydrogen-bond acceptors (Lipinski definition) is 2. The van der Waals surface area contributed by atoms with Crippen LogP contribution in [0.4, 0.5) is 9.50 Å². The molecule has 13 heavy (non-hydrogen) atoms. The van der Waals surface area contributed by atoms with Gasteiger partial charge in [0.05, 0.1) is 0 Å². The number of carbonyl (C=O) groups excluding carboxylic acids is 2. The Balaban J connectivity index is 0.00000144. The predicted octanol–water partition coefficient (Wildman–Crippen LogP) is 0.648. The van der Waals surface area contributed by atoms with Crippen LogP contribution in [-0.2, 0) is 0 Å². The Kier molecular flexibility index (Phi) is 4.15. The lowest BCUT2D eigenvalue weighted by molar-refractivity contribution is 0.0966. The molecular weight excluding hydrogens is 175 g/mol. The van der Waals surface area contributed by atoms with E-state index in [-0.39, 0.29) is 4.70 Å². The topological polar surface area (TPSA) is 72.2 Å². The highest BCUT2D eigenvalue weighted by Gasteiger charge is 2.05. The van der Waals surface area contributed by atoms with Gasteiger partial charge in [0.1, 0.15) is 0 Å². The van der Waals surface area contributed by atoms with E-state index in [1.165, 1.54) is 0 Å². The number of amides is 3. The Morgan fingerprint density at radius 1 is 1.15 bits per heavy atom. The Morgan fingerprint density at radius 3 is 2.15 bits per heavy atom. The maximum atomic E-state index is 11.0. The first-order chi connectivity index (χ1) is 5.70. The van der Waals surface area contributed by atoms with Crippen LogP contribution >= 0.6 is 0 Å². The van der Waals surface area contributed by atoms with Gasteiger partial charge in [0, 0.05) is 5.56 Å². The molecular formula is C8H9FN2O2. The molecule has 0 aliphatic carbocycles. The molecule has 0 spiro atoms. The zero-order valence-electron chi connectivity index (χ0n) is 6.69. The van der Waals surface area contributed by atoms with E-state index in [1.54, 1.807) is 30.3 Å². The van der Waals surface area contributed by atoms with Gasteiger partial charge in [0.15, 0.2) is 0 Å². The summed E-state index contributed by atoms with van der Waals surface area (Å²) in [5.41, 5.74) is 5.17. The van der Waals surface area contributed by atoms with Crippen LogP contribution in [0, 0.1) is 0 Å². The van der Waals surface area contributed by atoms with Gasteiger partial charge in [-0.05, 0) is 12.1 Å². The van der Waals surface area contributed by atoms with E-state index in [0.717, 1.165) is 0 Å². The van der Waals surface area contributed by atoms with E-state index < -0.39 is 11.9 Å². The van der Waals surface area contributed by atoms with E-state index in [2.05, 4.69) is 0 Å². The minimum absolute atomic E-state index is 0. The molecule has 1 rings (SSSR count). The summed E-state index contributed by atoms with van der Waals surface area (Å²) >= 11 is 0. The zero-order chi connectivity index (χ0) is 8.97. The minimum Gasteiger partial charge on any atom is -0.351 e. The molecule has 0 bridgehead atoms. The molecule has 0 atom stereocenters. The van der Waals surface area contributed by atoms with Crippen LogP contribution in [0.5, 0.6) is 0 Å². The van der Waals surface area contributed by atoms with Gasteiger partial charge >= 0.3 is 6.03 Å². The highest BCUT2D eigenvalue weighted by molar-refractivity contribution is 6.03. The van der Waals surface area contributed by atoms with Crippen molar-refractivity contribution in [3.8, 4) is 0 Å². The lowest BCUT2D eigenvalue weighted by atomic mass is 10.2. The summed E-state index contributed by atoms with van der Waals surface area (Å²) in [6.45, 7) is 0. The van der Waals surface area contributed by atoms with Gasteiger partial charge in [-0.15, -0.1) is 0 Å². The van der Waals surface area contributed by atoms with Gasteiger partial charge in [0.25, 0.3) is 5.91 Å². The Labute approximate surface area is 74.1 Å². The van der Waals surface area contributed by atoms with Crippen molar-refractivity contribution in [1.29, 1.82) is 0 Å². The number of hydrogen-bond donors (Lipinski definition) is 2. The molecule has 0 saturated carbocycles. The van der Waals surface area contributed by atoms with Crippen LogP contribution in [0.2, 0.25) is 0 Å². The largest absolute Gasteiger partial charge is 0.351 e. The summed E-state index contributed by atoms with van der Waals surface area (Å²) in [5, 5.41) is 1.96. The summed E-state index contributed by atoms with van der Waals surface area (Å²) in [7, 11) is 0. The first-order valence-corrected chi connectivity index (χ1v) is 3.36.